The number of hydrogen-bond donors (Lipinski definition) is 0. The Morgan fingerprint density at radius 3 is 2.32 bits per heavy atom. The summed E-state index contributed by atoms with van der Waals surface area (Å²) in [7, 11) is 0. The molecule has 0 aliphatic carbocycles. The first kappa shape index (κ1) is 19.1. The zero-order valence-corrected chi connectivity index (χ0v) is 17.1. The maximum atomic E-state index is 12.5. The first-order valence-electron chi connectivity index (χ1n) is 10.2. The molecule has 0 bridgehead atoms. The number of para-hydroxylation sites is 1. The van der Waals surface area contributed by atoms with Crippen molar-refractivity contribution in [2.24, 2.45) is 0 Å². The zero-order valence-electron chi connectivity index (χ0n) is 17.1. The Hall–Kier alpha value is -3.93. The lowest BCUT2D eigenvalue weighted by molar-refractivity contribution is -0.117. The van der Waals surface area contributed by atoms with E-state index in [0.29, 0.717) is 24.7 Å². The highest BCUT2D eigenvalue weighted by Gasteiger charge is 2.35. The lowest BCUT2D eigenvalue weighted by atomic mass is 10.1. The number of ether oxygens (including phenoxy) is 1. The number of anilines is 1. The summed E-state index contributed by atoms with van der Waals surface area (Å²) in [5.41, 5.74) is 2.90. The molecule has 1 amide bonds. The van der Waals surface area contributed by atoms with Crippen LogP contribution in [-0.2, 0) is 4.79 Å². The minimum Gasteiger partial charge on any atom is -0.457 e. The van der Waals surface area contributed by atoms with Crippen LogP contribution in [0.2, 0.25) is 0 Å². The minimum absolute atomic E-state index is 0.0635. The molecule has 1 atom stereocenters. The summed E-state index contributed by atoms with van der Waals surface area (Å²) in [5.74, 6) is 2.46. The fraction of sp³-hybridized carbons (Fsp3) is 0.160. The van der Waals surface area contributed by atoms with Gasteiger partial charge in [-0.25, -0.2) is 0 Å². The number of carbonyl (C=O) groups is 1. The molecule has 31 heavy (non-hydrogen) atoms. The second kappa shape index (κ2) is 8.07. The highest BCUT2D eigenvalue weighted by atomic mass is 16.5. The van der Waals surface area contributed by atoms with Crippen LogP contribution in [-0.4, -0.2) is 22.6 Å². The normalized spacial score (nSPS) is 16.0. The molecule has 1 aliphatic rings. The van der Waals surface area contributed by atoms with Gasteiger partial charge in [0.05, 0.1) is 5.92 Å². The lowest BCUT2D eigenvalue weighted by Gasteiger charge is -2.15. The van der Waals surface area contributed by atoms with Crippen molar-refractivity contribution < 1.29 is 14.1 Å². The van der Waals surface area contributed by atoms with Crippen LogP contribution < -0.4 is 9.64 Å². The highest BCUT2D eigenvalue weighted by molar-refractivity contribution is 5.96. The van der Waals surface area contributed by atoms with E-state index in [2.05, 4.69) is 10.1 Å². The van der Waals surface area contributed by atoms with Gasteiger partial charge in [-0.1, -0.05) is 41.1 Å². The molecule has 0 spiro atoms. The molecule has 0 unspecified atom stereocenters. The van der Waals surface area contributed by atoms with Crippen LogP contribution in [0.5, 0.6) is 11.5 Å². The number of rotatable bonds is 5. The molecule has 3 aromatic carbocycles. The van der Waals surface area contributed by atoms with Crippen molar-refractivity contribution in [3.63, 3.8) is 0 Å². The van der Waals surface area contributed by atoms with Gasteiger partial charge in [0.2, 0.25) is 17.6 Å². The number of aryl methyl sites for hydroxylation is 1. The maximum Gasteiger partial charge on any atom is 0.232 e. The Morgan fingerprint density at radius 1 is 0.935 bits per heavy atom. The summed E-state index contributed by atoms with van der Waals surface area (Å²) < 4.78 is 11.4. The van der Waals surface area contributed by atoms with E-state index in [1.54, 1.807) is 4.90 Å². The number of aromatic nitrogens is 2. The number of amides is 1. The van der Waals surface area contributed by atoms with Crippen LogP contribution in [0.1, 0.15) is 23.8 Å². The largest absolute Gasteiger partial charge is 0.457 e. The Labute approximate surface area is 180 Å². The molecule has 1 fully saturated rings. The first-order valence-corrected chi connectivity index (χ1v) is 10.2. The van der Waals surface area contributed by atoms with E-state index < -0.39 is 0 Å². The van der Waals surface area contributed by atoms with Gasteiger partial charge in [-0.15, -0.1) is 0 Å². The maximum absolute atomic E-state index is 12.5. The van der Waals surface area contributed by atoms with Crippen LogP contribution in [0.25, 0.3) is 11.4 Å². The molecular weight excluding hydrogens is 390 g/mol. The van der Waals surface area contributed by atoms with Crippen LogP contribution in [0.15, 0.2) is 83.4 Å². The fourth-order valence-corrected chi connectivity index (χ4v) is 3.66. The topological polar surface area (TPSA) is 68.5 Å². The van der Waals surface area contributed by atoms with E-state index >= 15 is 0 Å². The predicted molar refractivity (Wildman–Crippen MR) is 117 cm³/mol. The average molecular weight is 411 g/mol. The van der Waals surface area contributed by atoms with E-state index in [0.717, 1.165) is 22.7 Å². The summed E-state index contributed by atoms with van der Waals surface area (Å²) in [6.45, 7) is 2.58. The summed E-state index contributed by atoms with van der Waals surface area (Å²) in [4.78, 5) is 18.8. The SMILES string of the molecule is Cc1ccc(Oc2ccc(-c3noc([C@@H]4CC(=O)N(c5ccccc5)C4)n3)cc2)cc1. The molecule has 0 saturated carbocycles. The Bertz CT molecular complexity index is 1180. The van der Waals surface area contributed by atoms with E-state index in [9.17, 15) is 4.79 Å². The number of hydrogen-bond acceptors (Lipinski definition) is 5. The van der Waals surface area contributed by atoms with Gasteiger partial charge in [-0.2, -0.15) is 4.98 Å². The van der Waals surface area contributed by atoms with Gasteiger partial charge in [-0.05, 0) is 55.5 Å². The monoisotopic (exact) mass is 411 g/mol. The number of carbonyl (C=O) groups excluding carboxylic acids is 1. The van der Waals surface area contributed by atoms with E-state index in [1.165, 1.54) is 5.56 Å². The van der Waals surface area contributed by atoms with Crippen molar-refractivity contribution in [3.05, 3.63) is 90.3 Å². The van der Waals surface area contributed by atoms with Crippen molar-refractivity contribution in [2.75, 3.05) is 11.4 Å². The smallest absolute Gasteiger partial charge is 0.232 e. The summed E-state index contributed by atoms with van der Waals surface area (Å²) >= 11 is 0. The van der Waals surface area contributed by atoms with Crippen molar-refractivity contribution in [2.45, 2.75) is 19.3 Å². The molecule has 1 aliphatic heterocycles. The summed E-state index contributed by atoms with van der Waals surface area (Å²) in [6.07, 6.45) is 0.361. The molecule has 4 aromatic rings. The third-order valence-electron chi connectivity index (χ3n) is 5.35. The van der Waals surface area contributed by atoms with Gasteiger partial charge < -0.3 is 14.2 Å². The minimum atomic E-state index is -0.113. The molecule has 1 aromatic heterocycles. The van der Waals surface area contributed by atoms with Crippen LogP contribution in [0, 0.1) is 6.92 Å². The molecule has 0 radical (unpaired) electrons. The van der Waals surface area contributed by atoms with Crippen molar-refractivity contribution in [3.8, 4) is 22.9 Å². The van der Waals surface area contributed by atoms with Gasteiger partial charge in [0.1, 0.15) is 11.5 Å². The molecule has 6 heteroatoms. The van der Waals surface area contributed by atoms with Crippen molar-refractivity contribution in [1.82, 2.24) is 10.1 Å². The lowest BCUT2D eigenvalue weighted by Crippen LogP contribution is -2.24. The van der Waals surface area contributed by atoms with E-state index in [1.807, 2.05) is 85.8 Å². The third-order valence-corrected chi connectivity index (χ3v) is 5.35. The molecule has 1 saturated heterocycles. The summed E-state index contributed by atoms with van der Waals surface area (Å²) in [6, 6.07) is 25.1. The van der Waals surface area contributed by atoms with Crippen LogP contribution >= 0.6 is 0 Å². The zero-order chi connectivity index (χ0) is 21.2. The Balaban J connectivity index is 1.28. The Kier molecular flexibility index (Phi) is 4.96. The van der Waals surface area contributed by atoms with Crippen LogP contribution in [0.4, 0.5) is 5.69 Å². The summed E-state index contributed by atoms with van der Waals surface area (Å²) in [5, 5.41) is 4.12. The van der Waals surface area contributed by atoms with Gasteiger partial charge in [-0.3, -0.25) is 4.79 Å². The molecule has 154 valence electrons. The number of nitrogens with zero attached hydrogens (tertiary/aromatic N) is 3. The van der Waals surface area contributed by atoms with E-state index in [-0.39, 0.29) is 11.8 Å². The second-order valence-electron chi connectivity index (χ2n) is 7.64. The first-order chi connectivity index (χ1) is 15.2. The van der Waals surface area contributed by atoms with Gasteiger partial charge in [0.25, 0.3) is 0 Å². The average Bonchev–Trinajstić information content (AvgIpc) is 3.44. The van der Waals surface area contributed by atoms with E-state index in [4.69, 9.17) is 9.26 Å². The van der Waals surface area contributed by atoms with Crippen molar-refractivity contribution >= 4 is 11.6 Å². The molecule has 0 N–H and O–H groups in total. The van der Waals surface area contributed by atoms with Gasteiger partial charge in [0, 0.05) is 24.2 Å². The Morgan fingerprint density at radius 2 is 1.61 bits per heavy atom. The molecular formula is C25H21N3O3. The highest BCUT2D eigenvalue weighted by Crippen LogP contribution is 2.32. The molecule has 5 rings (SSSR count). The predicted octanol–water partition coefficient (Wildman–Crippen LogP) is 5.36. The van der Waals surface area contributed by atoms with Crippen LogP contribution in [0.3, 0.4) is 0 Å². The van der Waals surface area contributed by atoms with Crippen molar-refractivity contribution in [1.29, 1.82) is 0 Å². The number of benzene rings is 3. The quantitative estimate of drug-likeness (QED) is 0.442. The molecule has 6 nitrogen and oxygen atoms in total. The standard InChI is InChI=1S/C25H21N3O3/c1-17-7-11-21(12-8-17)30-22-13-9-18(10-14-22)24-26-25(31-27-24)19-15-23(29)28(16-19)20-5-3-2-4-6-20/h2-14,19H,15-16H2,1H3/t19-/m1/s1. The fourth-order valence-electron chi connectivity index (χ4n) is 3.66. The molecule has 2 heterocycles. The third kappa shape index (κ3) is 4.05. The van der Waals surface area contributed by atoms with Gasteiger partial charge >= 0.3 is 0 Å². The van der Waals surface area contributed by atoms with Gasteiger partial charge in [0.15, 0.2) is 0 Å². The second-order valence-corrected chi connectivity index (χ2v) is 7.64.